The van der Waals surface area contributed by atoms with Gasteiger partial charge in [-0.1, -0.05) is 0 Å². The van der Waals surface area contributed by atoms with Crippen molar-refractivity contribution >= 4 is 0 Å². The molecule has 1 aliphatic heterocycles. The molecule has 0 saturated heterocycles. The molecule has 1 aliphatic rings. The van der Waals surface area contributed by atoms with Crippen LogP contribution in [0.15, 0.2) is 11.8 Å². The van der Waals surface area contributed by atoms with Crippen molar-refractivity contribution in [3.8, 4) is 0 Å². The average Bonchev–Trinajstić information content (AvgIpc) is 2.03. The molecule has 1 atom stereocenters. The summed E-state index contributed by atoms with van der Waals surface area (Å²) in [6.07, 6.45) is 2.69. The first-order chi connectivity index (χ1) is 5.99. The van der Waals surface area contributed by atoms with Crippen LogP contribution in [0.3, 0.4) is 0 Å². The van der Waals surface area contributed by atoms with E-state index in [2.05, 4.69) is 0 Å². The Morgan fingerprint density at radius 3 is 2.85 bits per heavy atom. The van der Waals surface area contributed by atoms with Crippen molar-refractivity contribution in [2.45, 2.75) is 44.8 Å². The van der Waals surface area contributed by atoms with E-state index in [1.54, 1.807) is 6.26 Å². The summed E-state index contributed by atoms with van der Waals surface area (Å²) in [6, 6.07) is 0. The van der Waals surface area contributed by atoms with Gasteiger partial charge in [-0.05, 0) is 32.3 Å². The molecule has 2 N–H and O–H groups in total. The molecule has 0 aromatic heterocycles. The Bertz CT molecular complexity index is 196. The van der Waals surface area contributed by atoms with Gasteiger partial charge in [-0.3, -0.25) is 0 Å². The van der Waals surface area contributed by atoms with Gasteiger partial charge in [0.15, 0.2) is 0 Å². The molecule has 0 aromatic rings. The highest BCUT2D eigenvalue weighted by molar-refractivity contribution is 5.08. The highest BCUT2D eigenvalue weighted by Crippen LogP contribution is 2.23. The molecule has 1 heterocycles. The predicted molar refractivity (Wildman–Crippen MR) is 51.0 cm³/mol. The zero-order chi connectivity index (χ0) is 9.90. The molecule has 0 radical (unpaired) electrons. The van der Waals surface area contributed by atoms with E-state index in [1.165, 1.54) is 0 Å². The Labute approximate surface area is 78.9 Å². The molecule has 1 unspecified atom stereocenters. The summed E-state index contributed by atoms with van der Waals surface area (Å²) < 4.78 is 18.6. The summed E-state index contributed by atoms with van der Waals surface area (Å²) in [4.78, 5) is 0. The number of rotatable bonds is 3. The van der Waals surface area contributed by atoms with Gasteiger partial charge in [0.1, 0.15) is 6.17 Å². The van der Waals surface area contributed by atoms with E-state index in [0.29, 0.717) is 13.0 Å². The fraction of sp³-hybridized carbons (Fsp3) is 0.800. The van der Waals surface area contributed by atoms with Gasteiger partial charge in [-0.2, -0.15) is 0 Å². The smallest absolute Gasteiger partial charge is 0.126 e. The minimum atomic E-state index is -0.944. The second kappa shape index (κ2) is 4.09. The van der Waals surface area contributed by atoms with Gasteiger partial charge in [0.05, 0.1) is 12.9 Å². The number of ether oxygens (including phenoxy) is 1. The highest BCUT2D eigenvalue weighted by Gasteiger charge is 2.22. The van der Waals surface area contributed by atoms with E-state index in [-0.39, 0.29) is 0 Å². The van der Waals surface area contributed by atoms with E-state index in [9.17, 15) is 4.39 Å². The zero-order valence-electron chi connectivity index (χ0n) is 8.35. The molecule has 13 heavy (non-hydrogen) atoms. The largest absolute Gasteiger partial charge is 0.501 e. The zero-order valence-corrected chi connectivity index (χ0v) is 8.35. The van der Waals surface area contributed by atoms with E-state index in [0.717, 1.165) is 18.4 Å². The van der Waals surface area contributed by atoms with E-state index in [1.807, 2.05) is 13.8 Å². The van der Waals surface area contributed by atoms with Crippen LogP contribution >= 0.6 is 0 Å². The van der Waals surface area contributed by atoms with Crippen molar-refractivity contribution < 1.29 is 9.13 Å². The van der Waals surface area contributed by atoms with Crippen molar-refractivity contribution in [3.05, 3.63) is 11.8 Å². The second-order valence-electron chi connectivity index (χ2n) is 4.33. The second-order valence-corrected chi connectivity index (χ2v) is 4.33. The third kappa shape index (κ3) is 3.77. The third-order valence-electron chi connectivity index (χ3n) is 2.07. The van der Waals surface area contributed by atoms with Crippen molar-refractivity contribution in [2.75, 3.05) is 6.61 Å². The van der Waals surface area contributed by atoms with Crippen molar-refractivity contribution in [2.24, 2.45) is 5.73 Å². The SMILES string of the molecule is CC(C)(N)CC(F)C1=COCCC1. The lowest BCUT2D eigenvalue weighted by atomic mass is 9.93. The normalized spacial score (nSPS) is 20.5. The van der Waals surface area contributed by atoms with Gasteiger partial charge in [-0.15, -0.1) is 0 Å². The third-order valence-corrected chi connectivity index (χ3v) is 2.07. The maximum Gasteiger partial charge on any atom is 0.126 e. The first-order valence-electron chi connectivity index (χ1n) is 4.72. The van der Waals surface area contributed by atoms with Crippen LogP contribution in [0, 0.1) is 0 Å². The summed E-state index contributed by atoms with van der Waals surface area (Å²) in [5.74, 6) is 0. The molecule has 1 rings (SSSR count). The van der Waals surface area contributed by atoms with Crippen LogP contribution in [0.5, 0.6) is 0 Å². The molecule has 0 bridgehead atoms. The van der Waals surface area contributed by atoms with Crippen LogP contribution in [0.4, 0.5) is 4.39 Å². The molecule has 0 spiro atoms. The van der Waals surface area contributed by atoms with Gasteiger partial charge >= 0.3 is 0 Å². The van der Waals surface area contributed by atoms with E-state index >= 15 is 0 Å². The Balaban J connectivity index is 2.47. The maximum absolute atomic E-state index is 13.6. The van der Waals surface area contributed by atoms with Gasteiger partial charge in [0, 0.05) is 12.0 Å². The summed E-state index contributed by atoms with van der Waals surface area (Å²) in [6.45, 7) is 4.38. The lowest BCUT2D eigenvalue weighted by Gasteiger charge is -2.24. The first kappa shape index (κ1) is 10.5. The molecule has 3 heteroatoms. The number of halogens is 1. The van der Waals surface area contributed by atoms with Gasteiger partial charge in [0.25, 0.3) is 0 Å². The molecule has 0 fully saturated rings. The minimum Gasteiger partial charge on any atom is -0.501 e. The fourth-order valence-electron chi connectivity index (χ4n) is 1.41. The number of alkyl halides is 1. The topological polar surface area (TPSA) is 35.2 Å². The monoisotopic (exact) mass is 187 g/mol. The molecule has 76 valence electrons. The van der Waals surface area contributed by atoms with Gasteiger partial charge in [-0.25, -0.2) is 4.39 Å². The molecular formula is C10H18FNO. The van der Waals surface area contributed by atoms with Crippen LogP contribution in [-0.4, -0.2) is 18.3 Å². The summed E-state index contributed by atoms with van der Waals surface area (Å²) in [5.41, 5.74) is 6.04. The predicted octanol–water partition coefficient (Wildman–Crippen LogP) is 2.15. The first-order valence-corrected chi connectivity index (χ1v) is 4.72. The minimum absolute atomic E-state index is 0.363. The van der Waals surface area contributed by atoms with Crippen LogP contribution in [-0.2, 0) is 4.74 Å². The summed E-state index contributed by atoms with van der Waals surface area (Å²) >= 11 is 0. The molecule has 0 aliphatic carbocycles. The van der Waals surface area contributed by atoms with E-state index < -0.39 is 11.7 Å². The molecule has 0 amide bonds. The Morgan fingerprint density at radius 2 is 2.38 bits per heavy atom. The Kier molecular flexibility index (Phi) is 3.31. The number of nitrogens with two attached hydrogens (primary N) is 1. The number of hydrogen-bond acceptors (Lipinski definition) is 2. The molecule has 0 saturated carbocycles. The average molecular weight is 187 g/mol. The molecule has 2 nitrogen and oxygen atoms in total. The van der Waals surface area contributed by atoms with Gasteiger partial charge in [0.2, 0.25) is 0 Å². The van der Waals surface area contributed by atoms with Crippen LogP contribution in [0.25, 0.3) is 0 Å². The van der Waals surface area contributed by atoms with Crippen LogP contribution < -0.4 is 5.73 Å². The highest BCUT2D eigenvalue weighted by atomic mass is 19.1. The lowest BCUT2D eigenvalue weighted by molar-refractivity contribution is 0.202. The maximum atomic E-state index is 13.6. The van der Waals surface area contributed by atoms with Crippen molar-refractivity contribution in [3.63, 3.8) is 0 Å². The van der Waals surface area contributed by atoms with Crippen molar-refractivity contribution in [1.82, 2.24) is 0 Å². The molecule has 0 aromatic carbocycles. The van der Waals surface area contributed by atoms with Crippen LogP contribution in [0.2, 0.25) is 0 Å². The van der Waals surface area contributed by atoms with Crippen molar-refractivity contribution in [1.29, 1.82) is 0 Å². The molecular weight excluding hydrogens is 169 g/mol. The standard InChI is InChI=1S/C10H18FNO/c1-10(2,12)6-9(11)8-4-3-5-13-7-8/h7,9H,3-6,12H2,1-2H3. The summed E-state index contributed by atoms with van der Waals surface area (Å²) in [7, 11) is 0. The van der Waals surface area contributed by atoms with Crippen LogP contribution in [0.1, 0.15) is 33.1 Å². The summed E-state index contributed by atoms with van der Waals surface area (Å²) in [5, 5.41) is 0. The quantitative estimate of drug-likeness (QED) is 0.734. The number of hydrogen-bond donors (Lipinski definition) is 1. The van der Waals surface area contributed by atoms with Gasteiger partial charge < -0.3 is 10.5 Å². The lowest BCUT2D eigenvalue weighted by Crippen LogP contribution is -2.35. The fourth-order valence-corrected chi connectivity index (χ4v) is 1.41. The Hall–Kier alpha value is -0.570. The number of allylic oxidation sites excluding steroid dienone is 1. The Morgan fingerprint density at radius 1 is 1.69 bits per heavy atom. The van der Waals surface area contributed by atoms with E-state index in [4.69, 9.17) is 10.5 Å².